The SMILES string of the molecule is NC[C@H]1O[C@@H](On2cc(I)c3c(N)ncnc32)[C@H](O)[C@@H]1O. The van der Waals surface area contributed by atoms with E-state index < -0.39 is 24.6 Å². The second kappa shape index (κ2) is 5.53. The quantitative estimate of drug-likeness (QED) is 0.449. The van der Waals surface area contributed by atoms with E-state index in [0.717, 1.165) is 3.57 Å². The smallest absolute Gasteiger partial charge is 0.254 e. The Morgan fingerprint density at radius 2 is 2.14 bits per heavy atom. The Morgan fingerprint density at radius 1 is 1.38 bits per heavy atom. The molecule has 0 amide bonds. The van der Waals surface area contributed by atoms with Gasteiger partial charge in [0.15, 0.2) is 5.65 Å². The summed E-state index contributed by atoms with van der Waals surface area (Å²) in [7, 11) is 0. The third-order valence-electron chi connectivity index (χ3n) is 3.30. The van der Waals surface area contributed by atoms with Gasteiger partial charge in [0, 0.05) is 10.1 Å². The fourth-order valence-electron chi connectivity index (χ4n) is 2.20. The molecule has 2 aromatic heterocycles. The van der Waals surface area contributed by atoms with Crippen molar-refractivity contribution in [3.05, 3.63) is 16.1 Å². The molecule has 0 aliphatic carbocycles. The number of ether oxygens (including phenoxy) is 1. The molecule has 10 heteroatoms. The van der Waals surface area contributed by atoms with Gasteiger partial charge in [0.05, 0.1) is 11.6 Å². The van der Waals surface area contributed by atoms with Crippen molar-refractivity contribution in [1.29, 1.82) is 0 Å². The van der Waals surface area contributed by atoms with E-state index in [1.54, 1.807) is 6.20 Å². The first-order chi connectivity index (χ1) is 10.0. The number of halogens is 1. The molecule has 0 bridgehead atoms. The van der Waals surface area contributed by atoms with Crippen LogP contribution < -0.4 is 16.3 Å². The number of hydrogen-bond donors (Lipinski definition) is 4. The molecule has 0 unspecified atom stereocenters. The van der Waals surface area contributed by atoms with Crippen molar-refractivity contribution in [2.24, 2.45) is 5.73 Å². The van der Waals surface area contributed by atoms with Gasteiger partial charge >= 0.3 is 0 Å². The highest BCUT2D eigenvalue weighted by Gasteiger charge is 2.44. The van der Waals surface area contributed by atoms with Crippen molar-refractivity contribution >= 4 is 39.4 Å². The van der Waals surface area contributed by atoms with Gasteiger partial charge in [0.25, 0.3) is 6.29 Å². The molecule has 3 heterocycles. The van der Waals surface area contributed by atoms with E-state index in [4.69, 9.17) is 21.0 Å². The summed E-state index contributed by atoms with van der Waals surface area (Å²) in [6, 6.07) is 0. The number of aliphatic hydroxyl groups excluding tert-OH is 2. The molecule has 0 radical (unpaired) electrons. The van der Waals surface area contributed by atoms with Gasteiger partial charge in [-0.25, -0.2) is 9.97 Å². The third-order valence-corrected chi connectivity index (χ3v) is 4.12. The molecule has 21 heavy (non-hydrogen) atoms. The van der Waals surface area contributed by atoms with E-state index in [0.29, 0.717) is 16.9 Å². The zero-order valence-corrected chi connectivity index (χ0v) is 12.9. The fraction of sp³-hybridized carbons (Fsp3) is 0.455. The number of nitrogen functional groups attached to an aromatic ring is 1. The van der Waals surface area contributed by atoms with E-state index >= 15 is 0 Å². The molecule has 3 rings (SSSR count). The van der Waals surface area contributed by atoms with Crippen molar-refractivity contribution in [3.63, 3.8) is 0 Å². The van der Waals surface area contributed by atoms with Crippen LogP contribution in [0.5, 0.6) is 0 Å². The first-order valence-electron chi connectivity index (χ1n) is 6.18. The number of anilines is 1. The van der Waals surface area contributed by atoms with Crippen LogP contribution in [0.25, 0.3) is 11.0 Å². The maximum absolute atomic E-state index is 9.93. The Kier molecular flexibility index (Phi) is 3.88. The predicted molar refractivity (Wildman–Crippen MR) is 81.0 cm³/mol. The standard InChI is InChI=1S/C11H14IN5O4/c12-4-2-17(10-6(4)9(14)15-3-16-10)21-11-8(19)7(18)5(1-13)20-11/h2-3,5,7-8,11,18-19H,1,13H2,(H2,14,15,16)/t5-,7-,8-,11+/m1/s1. The first kappa shape index (κ1) is 14.7. The lowest BCUT2D eigenvalue weighted by Crippen LogP contribution is -2.38. The minimum atomic E-state index is -1.20. The Bertz CT molecular complexity index is 665. The zero-order chi connectivity index (χ0) is 15.1. The van der Waals surface area contributed by atoms with Gasteiger partial charge in [-0.2, -0.15) is 4.73 Å². The third kappa shape index (κ3) is 2.42. The van der Waals surface area contributed by atoms with Crippen molar-refractivity contribution < 1.29 is 19.8 Å². The molecule has 0 saturated carbocycles. The normalized spacial score (nSPS) is 29.1. The number of nitrogens with zero attached hydrogens (tertiary/aromatic N) is 3. The largest absolute Gasteiger partial charge is 0.387 e. The van der Waals surface area contributed by atoms with Gasteiger partial charge in [0.1, 0.15) is 30.5 Å². The highest BCUT2D eigenvalue weighted by Crippen LogP contribution is 2.26. The van der Waals surface area contributed by atoms with Gasteiger partial charge < -0.3 is 31.3 Å². The molecule has 114 valence electrons. The molecular formula is C11H14IN5O4. The minimum absolute atomic E-state index is 0.0805. The first-order valence-corrected chi connectivity index (χ1v) is 7.26. The van der Waals surface area contributed by atoms with Crippen LogP contribution >= 0.6 is 22.6 Å². The van der Waals surface area contributed by atoms with E-state index in [-0.39, 0.29) is 6.54 Å². The molecule has 9 nitrogen and oxygen atoms in total. The van der Waals surface area contributed by atoms with Crippen LogP contribution in [0.1, 0.15) is 0 Å². The van der Waals surface area contributed by atoms with E-state index in [2.05, 4.69) is 32.6 Å². The topological polar surface area (TPSA) is 142 Å². The molecule has 2 aromatic rings. The summed E-state index contributed by atoms with van der Waals surface area (Å²) in [5.41, 5.74) is 11.7. The van der Waals surface area contributed by atoms with Gasteiger partial charge in [-0.05, 0) is 22.6 Å². The van der Waals surface area contributed by atoms with Crippen LogP contribution in [0.4, 0.5) is 5.82 Å². The van der Waals surface area contributed by atoms with Crippen LogP contribution in [-0.2, 0) is 4.74 Å². The number of fused-ring (bicyclic) bond motifs is 1. The summed E-state index contributed by atoms with van der Waals surface area (Å²) in [5.74, 6) is 0.333. The van der Waals surface area contributed by atoms with Crippen molar-refractivity contribution in [1.82, 2.24) is 14.7 Å². The molecule has 1 fully saturated rings. The Hall–Kier alpha value is -1.21. The van der Waals surface area contributed by atoms with Crippen LogP contribution in [0.15, 0.2) is 12.5 Å². The number of aromatic nitrogens is 3. The average Bonchev–Trinajstić information content (AvgIpc) is 2.92. The van der Waals surface area contributed by atoms with Gasteiger partial charge in [0.2, 0.25) is 0 Å². The zero-order valence-electron chi connectivity index (χ0n) is 10.8. The van der Waals surface area contributed by atoms with Crippen LogP contribution in [-0.4, -0.2) is 56.1 Å². The lowest BCUT2D eigenvalue weighted by molar-refractivity contribution is -0.163. The summed E-state index contributed by atoms with van der Waals surface area (Å²) in [6.45, 7) is 0.0805. The Balaban J connectivity index is 1.91. The van der Waals surface area contributed by atoms with Crippen LogP contribution in [0, 0.1) is 3.57 Å². The maximum Gasteiger partial charge on any atom is 0.254 e. The molecule has 0 aromatic carbocycles. The number of rotatable bonds is 3. The molecular weight excluding hydrogens is 393 g/mol. The van der Waals surface area contributed by atoms with E-state index in [1.165, 1.54) is 11.1 Å². The van der Waals surface area contributed by atoms with Gasteiger partial charge in [-0.1, -0.05) is 0 Å². The minimum Gasteiger partial charge on any atom is -0.387 e. The van der Waals surface area contributed by atoms with Crippen LogP contribution in [0.2, 0.25) is 0 Å². The molecule has 1 saturated heterocycles. The van der Waals surface area contributed by atoms with Gasteiger partial charge in [-0.3, -0.25) is 0 Å². The maximum atomic E-state index is 9.93. The number of nitrogens with two attached hydrogens (primary N) is 2. The summed E-state index contributed by atoms with van der Waals surface area (Å²) >= 11 is 2.08. The van der Waals surface area contributed by atoms with Crippen molar-refractivity contribution in [3.8, 4) is 0 Å². The Labute approximate surface area is 133 Å². The predicted octanol–water partition coefficient (Wildman–Crippen LogP) is -1.55. The fourth-order valence-corrected chi connectivity index (χ4v) is 2.97. The second-order valence-electron chi connectivity index (χ2n) is 4.63. The number of aliphatic hydroxyl groups is 2. The molecule has 1 aliphatic heterocycles. The summed E-state index contributed by atoms with van der Waals surface area (Å²) in [4.78, 5) is 13.6. The van der Waals surface area contributed by atoms with Crippen molar-refractivity contribution in [2.45, 2.75) is 24.6 Å². The lowest BCUT2D eigenvalue weighted by atomic mass is 10.1. The molecule has 6 N–H and O–H groups in total. The Morgan fingerprint density at radius 3 is 2.81 bits per heavy atom. The van der Waals surface area contributed by atoms with Crippen molar-refractivity contribution in [2.75, 3.05) is 12.3 Å². The van der Waals surface area contributed by atoms with E-state index in [9.17, 15) is 10.2 Å². The van der Waals surface area contributed by atoms with E-state index in [1.807, 2.05) is 0 Å². The molecule has 0 spiro atoms. The highest BCUT2D eigenvalue weighted by atomic mass is 127. The van der Waals surface area contributed by atoms with Crippen LogP contribution in [0.3, 0.4) is 0 Å². The second-order valence-corrected chi connectivity index (χ2v) is 5.79. The highest BCUT2D eigenvalue weighted by molar-refractivity contribution is 14.1. The number of hydrogen-bond acceptors (Lipinski definition) is 8. The summed E-state index contributed by atoms with van der Waals surface area (Å²) in [6.07, 6.45) is -1.05. The monoisotopic (exact) mass is 407 g/mol. The average molecular weight is 407 g/mol. The molecule has 1 aliphatic rings. The molecule has 4 atom stereocenters. The summed E-state index contributed by atoms with van der Waals surface area (Å²) in [5, 5.41) is 20.4. The van der Waals surface area contributed by atoms with Gasteiger partial charge in [-0.15, -0.1) is 0 Å². The lowest BCUT2D eigenvalue weighted by Gasteiger charge is -2.17. The summed E-state index contributed by atoms with van der Waals surface area (Å²) < 4.78 is 7.52.